The zero-order valence-electron chi connectivity index (χ0n) is 9.88. The molecule has 3 nitrogen and oxygen atoms in total. The van der Waals surface area contributed by atoms with Crippen LogP contribution in [-0.4, -0.2) is 4.98 Å². The molecule has 0 saturated carbocycles. The zero-order valence-corrected chi connectivity index (χ0v) is 9.88. The summed E-state index contributed by atoms with van der Waals surface area (Å²) < 4.78 is 5.26. The van der Waals surface area contributed by atoms with Gasteiger partial charge in [-0.25, -0.2) is 9.78 Å². The van der Waals surface area contributed by atoms with Gasteiger partial charge in [0, 0.05) is 5.56 Å². The first kappa shape index (κ1) is 10.7. The number of aromatic nitrogens is 1. The maximum Gasteiger partial charge on any atom is 0.363 e. The molecular weight excluding hydrogens is 226 g/mol. The Bertz CT molecular complexity index is 757. The lowest BCUT2D eigenvalue weighted by molar-refractivity contribution is 0.558. The van der Waals surface area contributed by atoms with Crippen LogP contribution in [0.4, 0.5) is 0 Å². The van der Waals surface area contributed by atoms with Gasteiger partial charge >= 0.3 is 5.63 Å². The highest BCUT2D eigenvalue weighted by Gasteiger charge is 2.08. The number of nitrogens with zero attached hydrogens (tertiary/aromatic N) is 1. The average molecular weight is 237 g/mol. The molecule has 3 rings (SSSR count). The number of hydrogen-bond donors (Lipinski definition) is 0. The lowest BCUT2D eigenvalue weighted by atomic mass is 10.1. The van der Waals surface area contributed by atoms with Crippen LogP contribution in [0.3, 0.4) is 0 Å². The summed E-state index contributed by atoms with van der Waals surface area (Å²) in [7, 11) is 0. The van der Waals surface area contributed by atoms with Crippen molar-refractivity contribution < 1.29 is 4.42 Å². The van der Waals surface area contributed by atoms with Crippen molar-refractivity contribution in [2.75, 3.05) is 0 Å². The van der Waals surface area contributed by atoms with Crippen LogP contribution in [0.25, 0.3) is 22.4 Å². The van der Waals surface area contributed by atoms with Crippen molar-refractivity contribution >= 4 is 11.1 Å². The highest BCUT2D eigenvalue weighted by Crippen LogP contribution is 2.17. The molecule has 0 fully saturated rings. The summed E-state index contributed by atoms with van der Waals surface area (Å²) in [5.41, 5.74) is 3.07. The van der Waals surface area contributed by atoms with E-state index in [-0.39, 0.29) is 0 Å². The van der Waals surface area contributed by atoms with Gasteiger partial charge < -0.3 is 4.42 Å². The van der Waals surface area contributed by atoms with E-state index in [1.165, 1.54) is 0 Å². The Hall–Kier alpha value is -2.42. The van der Waals surface area contributed by atoms with Crippen LogP contribution in [0, 0.1) is 6.92 Å². The summed E-state index contributed by atoms with van der Waals surface area (Å²) in [6, 6.07) is 14.9. The van der Waals surface area contributed by atoms with Crippen LogP contribution >= 0.6 is 0 Å². The molecule has 0 aliphatic carbocycles. The van der Waals surface area contributed by atoms with E-state index in [1.54, 1.807) is 6.07 Å². The predicted octanol–water partition coefficient (Wildman–Crippen LogP) is 3.16. The molecule has 0 spiro atoms. The molecule has 0 unspecified atom stereocenters. The third kappa shape index (κ3) is 1.80. The van der Waals surface area contributed by atoms with Gasteiger partial charge in [0.05, 0.1) is 0 Å². The van der Waals surface area contributed by atoms with Crippen molar-refractivity contribution in [2.24, 2.45) is 0 Å². The molecule has 0 radical (unpaired) electrons. The fourth-order valence-electron chi connectivity index (χ4n) is 1.84. The molecule has 0 aliphatic rings. The van der Waals surface area contributed by atoms with E-state index >= 15 is 0 Å². The van der Waals surface area contributed by atoms with E-state index in [4.69, 9.17) is 4.42 Å². The van der Waals surface area contributed by atoms with Crippen LogP contribution < -0.4 is 5.63 Å². The van der Waals surface area contributed by atoms with Crippen molar-refractivity contribution in [1.29, 1.82) is 0 Å². The van der Waals surface area contributed by atoms with Gasteiger partial charge in [0.1, 0.15) is 5.52 Å². The molecule has 18 heavy (non-hydrogen) atoms. The standard InChI is InChI=1S/C15H11NO2/c1-10-6-8-11(9-7-10)14-15(17)18-13-5-3-2-4-12(13)16-14/h2-9H,1H3. The van der Waals surface area contributed by atoms with Crippen LogP contribution in [0.5, 0.6) is 0 Å². The Morgan fingerprint density at radius 1 is 1.00 bits per heavy atom. The average Bonchev–Trinajstić information content (AvgIpc) is 2.39. The summed E-state index contributed by atoms with van der Waals surface area (Å²) in [5, 5.41) is 0. The number of fused-ring (bicyclic) bond motifs is 1. The Morgan fingerprint density at radius 3 is 2.50 bits per heavy atom. The van der Waals surface area contributed by atoms with Crippen LogP contribution in [0.15, 0.2) is 57.7 Å². The molecule has 0 aliphatic heterocycles. The second-order valence-corrected chi connectivity index (χ2v) is 4.18. The van der Waals surface area contributed by atoms with Gasteiger partial charge in [-0.2, -0.15) is 0 Å². The van der Waals surface area contributed by atoms with E-state index in [1.807, 2.05) is 49.4 Å². The highest BCUT2D eigenvalue weighted by atomic mass is 16.4. The van der Waals surface area contributed by atoms with Gasteiger partial charge in [-0.05, 0) is 19.1 Å². The summed E-state index contributed by atoms with van der Waals surface area (Å²) in [6.07, 6.45) is 0. The summed E-state index contributed by atoms with van der Waals surface area (Å²) >= 11 is 0. The number of benzene rings is 2. The minimum Gasteiger partial charge on any atom is -0.419 e. The topological polar surface area (TPSA) is 43.1 Å². The first-order valence-corrected chi connectivity index (χ1v) is 5.71. The Morgan fingerprint density at radius 2 is 1.72 bits per heavy atom. The molecular formula is C15H11NO2. The number of hydrogen-bond acceptors (Lipinski definition) is 3. The van der Waals surface area contributed by atoms with Gasteiger partial charge in [0.15, 0.2) is 11.3 Å². The van der Waals surface area contributed by atoms with Crippen LogP contribution in [0.2, 0.25) is 0 Å². The Balaban J connectivity index is 2.26. The van der Waals surface area contributed by atoms with Crippen molar-refractivity contribution in [2.45, 2.75) is 6.92 Å². The predicted molar refractivity (Wildman–Crippen MR) is 70.5 cm³/mol. The van der Waals surface area contributed by atoms with Crippen molar-refractivity contribution in [3.05, 3.63) is 64.5 Å². The fraction of sp³-hybridized carbons (Fsp3) is 0.0667. The Labute approximate surface area is 104 Å². The largest absolute Gasteiger partial charge is 0.419 e. The SMILES string of the molecule is Cc1ccc(-c2nc3ccccc3oc2=O)cc1. The van der Waals surface area contributed by atoms with Crippen LogP contribution in [0.1, 0.15) is 5.56 Å². The highest BCUT2D eigenvalue weighted by molar-refractivity contribution is 5.74. The third-order valence-corrected chi connectivity index (χ3v) is 2.82. The van der Waals surface area contributed by atoms with Crippen molar-refractivity contribution in [3.8, 4) is 11.3 Å². The number of aryl methyl sites for hydroxylation is 1. The van der Waals surface area contributed by atoms with Gasteiger partial charge in [-0.1, -0.05) is 42.0 Å². The zero-order chi connectivity index (χ0) is 12.5. The molecule has 0 N–H and O–H groups in total. The van der Waals surface area contributed by atoms with Gasteiger partial charge in [0.25, 0.3) is 0 Å². The van der Waals surface area contributed by atoms with Gasteiger partial charge in [-0.15, -0.1) is 0 Å². The minimum absolute atomic E-state index is 0.355. The van der Waals surface area contributed by atoms with Crippen LogP contribution in [-0.2, 0) is 0 Å². The molecule has 0 atom stereocenters. The van der Waals surface area contributed by atoms with E-state index < -0.39 is 5.63 Å². The second kappa shape index (κ2) is 4.11. The molecule has 1 heterocycles. The molecule has 88 valence electrons. The second-order valence-electron chi connectivity index (χ2n) is 4.18. The molecule has 0 saturated heterocycles. The van der Waals surface area contributed by atoms with E-state index in [0.29, 0.717) is 16.8 Å². The Kier molecular flexibility index (Phi) is 2.45. The van der Waals surface area contributed by atoms with Gasteiger partial charge in [-0.3, -0.25) is 0 Å². The number of rotatable bonds is 1. The minimum atomic E-state index is -0.405. The van der Waals surface area contributed by atoms with Crippen molar-refractivity contribution in [3.63, 3.8) is 0 Å². The van der Waals surface area contributed by atoms with E-state index in [9.17, 15) is 4.79 Å². The van der Waals surface area contributed by atoms with E-state index in [2.05, 4.69) is 4.98 Å². The fourth-order valence-corrected chi connectivity index (χ4v) is 1.84. The first-order chi connectivity index (χ1) is 8.74. The van der Waals surface area contributed by atoms with Gasteiger partial charge in [0.2, 0.25) is 0 Å². The van der Waals surface area contributed by atoms with E-state index in [0.717, 1.165) is 11.1 Å². The molecule has 2 aromatic carbocycles. The lowest BCUT2D eigenvalue weighted by Crippen LogP contribution is -2.05. The smallest absolute Gasteiger partial charge is 0.363 e. The molecule has 0 amide bonds. The van der Waals surface area contributed by atoms with Crippen molar-refractivity contribution in [1.82, 2.24) is 4.98 Å². The summed E-state index contributed by atoms with van der Waals surface area (Å²) in [6.45, 7) is 2.00. The lowest BCUT2D eigenvalue weighted by Gasteiger charge is -2.01. The summed E-state index contributed by atoms with van der Waals surface area (Å²) in [4.78, 5) is 16.3. The monoisotopic (exact) mass is 237 g/mol. The maximum atomic E-state index is 11.9. The maximum absolute atomic E-state index is 11.9. The first-order valence-electron chi connectivity index (χ1n) is 5.71. The molecule has 3 aromatic rings. The summed E-state index contributed by atoms with van der Waals surface area (Å²) in [5.74, 6) is 0. The number of para-hydroxylation sites is 2. The normalized spacial score (nSPS) is 10.7. The quantitative estimate of drug-likeness (QED) is 0.653. The molecule has 0 bridgehead atoms. The molecule has 3 heteroatoms. The third-order valence-electron chi connectivity index (χ3n) is 2.82. The molecule has 1 aromatic heterocycles.